The number of carbonyl (C=O) groups excluding carboxylic acids is 1. The molecular formula is C14H17N3O7. The number of hydrogen-bond acceptors (Lipinski definition) is 9. The Morgan fingerprint density at radius 2 is 1.83 bits per heavy atom. The van der Waals surface area contributed by atoms with Crippen molar-refractivity contribution in [2.75, 3.05) is 6.61 Å². The van der Waals surface area contributed by atoms with Gasteiger partial charge in [0.05, 0.1) is 12.8 Å². The topological polar surface area (TPSA) is 158 Å². The lowest BCUT2D eigenvalue weighted by Gasteiger charge is -2.39. The maximum absolute atomic E-state index is 11.2. The molecule has 2 heterocycles. The van der Waals surface area contributed by atoms with Crippen LogP contribution in [0.15, 0.2) is 30.5 Å². The van der Waals surface area contributed by atoms with Gasteiger partial charge in [0.1, 0.15) is 35.7 Å². The maximum Gasteiger partial charge on any atom is 0.180 e. The number of ketones is 1. The maximum atomic E-state index is 11.2. The lowest BCUT2D eigenvalue weighted by atomic mass is 9.94. The molecule has 24 heavy (non-hydrogen) atoms. The van der Waals surface area contributed by atoms with Gasteiger partial charge in [-0.1, -0.05) is 5.21 Å². The largest absolute Gasteiger partial charge is 0.394 e. The summed E-state index contributed by atoms with van der Waals surface area (Å²) in [6.07, 6.45) is -0.719. The highest BCUT2D eigenvalue weighted by Gasteiger charge is 2.45. The first-order chi connectivity index (χ1) is 11.4. The zero-order valence-electron chi connectivity index (χ0n) is 12.4. The van der Waals surface area contributed by atoms with Gasteiger partial charge in [0.15, 0.2) is 12.0 Å². The van der Waals surface area contributed by atoms with E-state index in [-0.39, 0.29) is 11.5 Å². The second-order valence-electron chi connectivity index (χ2n) is 5.70. The van der Waals surface area contributed by atoms with Gasteiger partial charge in [-0.05, 0) is 24.3 Å². The lowest BCUT2D eigenvalue weighted by molar-refractivity contribution is -0.254. The Morgan fingerprint density at radius 3 is 2.46 bits per heavy atom. The molecule has 2 aliphatic rings. The van der Waals surface area contributed by atoms with Crippen molar-refractivity contribution in [3.63, 3.8) is 0 Å². The summed E-state index contributed by atoms with van der Waals surface area (Å²) in [6, 6.07) is 0. The van der Waals surface area contributed by atoms with Crippen LogP contribution in [0.5, 0.6) is 0 Å². The fourth-order valence-corrected chi connectivity index (χ4v) is 2.59. The third-order valence-corrected chi connectivity index (χ3v) is 4.05. The number of rotatable bonds is 3. The monoisotopic (exact) mass is 339 g/mol. The highest BCUT2D eigenvalue weighted by atomic mass is 16.6. The summed E-state index contributed by atoms with van der Waals surface area (Å²) in [4.78, 5) is 11.2. The minimum absolute atomic E-state index is 0.0689. The Morgan fingerprint density at radius 1 is 1.17 bits per heavy atom. The van der Waals surface area contributed by atoms with Crippen LogP contribution in [0.3, 0.4) is 0 Å². The van der Waals surface area contributed by atoms with Crippen molar-refractivity contribution in [2.24, 2.45) is 0 Å². The van der Waals surface area contributed by atoms with E-state index in [2.05, 4.69) is 10.3 Å². The van der Waals surface area contributed by atoms with Crippen LogP contribution in [0.4, 0.5) is 0 Å². The number of aromatic nitrogens is 3. The second-order valence-corrected chi connectivity index (χ2v) is 5.70. The Balaban J connectivity index is 1.86. The molecule has 5 N–H and O–H groups in total. The summed E-state index contributed by atoms with van der Waals surface area (Å²) in [5, 5.41) is 56.8. The first-order valence-electron chi connectivity index (χ1n) is 7.23. The van der Waals surface area contributed by atoms with Gasteiger partial charge in [-0.3, -0.25) is 4.79 Å². The van der Waals surface area contributed by atoms with Gasteiger partial charge >= 0.3 is 0 Å². The predicted octanol–water partition coefficient (Wildman–Crippen LogP) is -2.87. The molecule has 1 saturated heterocycles. The van der Waals surface area contributed by atoms with Crippen LogP contribution in [0.2, 0.25) is 0 Å². The molecule has 1 aromatic heterocycles. The average Bonchev–Trinajstić information content (AvgIpc) is 3.06. The van der Waals surface area contributed by atoms with E-state index >= 15 is 0 Å². The van der Waals surface area contributed by atoms with E-state index in [1.807, 2.05) is 0 Å². The van der Waals surface area contributed by atoms with Gasteiger partial charge in [-0.2, -0.15) is 0 Å². The van der Waals surface area contributed by atoms with Crippen molar-refractivity contribution in [2.45, 2.75) is 36.2 Å². The minimum Gasteiger partial charge on any atom is -0.394 e. The van der Waals surface area contributed by atoms with Gasteiger partial charge in [-0.25, -0.2) is 4.68 Å². The highest BCUT2D eigenvalue weighted by molar-refractivity contribution is 6.00. The Bertz CT molecular complexity index is 668. The Kier molecular flexibility index (Phi) is 4.34. The minimum atomic E-state index is -1.64. The van der Waals surface area contributed by atoms with Gasteiger partial charge in [-0.15, -0.1) is 5.10 Å². The Labute approximate surface area is 135 Å². The third kappa shape index (κ3) is 2.79. The summed E-state index contributed by atoms with van der Waals surface area (Å²) in [5.41, 5.74) is -1.57. The summed E-state index contributed by atoms with van der Waals surface area (Å²) < 4.78 is 6.41. The molecule has 0 unspecified atom stereocenters. The first-order valence-corrected chi connectivity index (χ1v) is 7.23. The van der Waals surface area contributed by atoms with Crippen molar-refractivity contribution in [1.29, 1.82) is 0 Å². The summed E-state index contributed by atoms with van der Waals surface area (Å²) in [5.74, 6) is -0.277. The molecule has 0 aromatic carbocycles. The zero-order chi connectivity index (χ0) is 17.5. The quantitative estimate of drug-likeness (QED) is 0.390. The van der Waals surface area contributed by atoms with E-state index in [1.54, 1.807) is 0 Å². The molecule has 0 spiro atoms. The standard InChI is InChI=1S/C14H17N3O7/c18-6-8-10(20)11(21)12(22)13(24-8)17-5-9(15-16-17)14(23)3-1-7(19)2-4-14/h1-5,8,10-13,18,20-23H,6H2/t8-,10-,11+,12-,13-/m1/s1. The highest BCUT2D eigenvalue weighted by Crippen LogP contribution is 2.30. The van der Waals surface area contributed by atoms with Crippen molar-refractivity contribution < 1.29 is 35.1 Å². The van der Waals surface area contributed by atoms with Crippen molar-refractivity contribution in [1.82, 2.24) is 15.0 Å². The fourth-order valence-electron chi connectivity index (χ4n) is 2.59. The second kappa shape index (κ2) is 6.16. The predicted molar refractivity (Wildman–Crippen MR) is 76.2 cm³/mol. The molecular weight excluding hydrogens is 322 g/mol. The molecule has 5 atom stereocenters. The molecule has 0 bridgehead atoms. The van der Waals surface area contributed by atoms with E-state index in [0.29, 0.717) is 0 Å². The molecule has 1 aromatic rings. The first kappa shape index (κ1) is 16.9. The van der Waals surface area contributed by atoms with Crippen LogP contribution >= 0.6 is 0 Å². The molecule has 10 heteroatoms. The SMILES string of the molecule is O=C1C=CC(O)(c2cn([C@@H]3O[C@H](CO)[C@@H](O)[C@H](O)[C@H]3O)nn2)C=C1. The molecule has 0 amide bonds. The van der Waals surface area contributed by atoms with E-state index in [0.717, 1.165) is 4.68 Å². The van der Waals surface area contributed by atoms with Crippen molar-refractivity contribution in [3.8, 4) is 0 Å². The van der Waals surface area contributed by atoms with Gasteiger partial charge in [0.25, 0.3) is 0 Å². The average molecular weight is 339 g/mol. The smallest absolute Gasteiger partial charge is 0.180 e. The number of hydrogen-bond donors (Lipinski definition) is 5. The van der Waals surface area contributed by atoms with Crippen LogP contribution in [0.1, 0.15) is 11.9 Å². The molecule has 1 fully saturated rings. The van der Waals surface area contributed by atoms with E-state index in [1.165, 1.54) is 30.5 Å². The van der Waals surface area contributed by atoms with Crippen molar-refractivity contribution in [3.05, 3.63) is 36.2 Å². The fraction of sp³-hybridized carbons (Fsp3) is 0.500. The summed E-state index contributed by atoms with van der Waals surface area (Å²) in [6.45, 7) is -0.569. The number of allylic oxidation sites excluding steroid dienone is 2. The lowest BCUT2D eigenvalue weighted by Crippen LogP contribution is -2.56. The number of carbonyl (C=O) groups is 1. The molecule has 10 nitrogen and oxygen atoms in total. The van der Waals surface area contributed by atoms with E-state index < -0.39 is 42.9 Å². The molecule has 130 valence electrons. The number of aliphatic hydroxyl groups is 5. The summed E-state index contributed by atoms with van der Waals surface area (Å²) >= 11 is 0. The van der Waals surface area contributed by atoms with E-state index in [9.17, 15) is 30.3 Å². The third-order valence-electron chi connectivity index (χ3n) is 4.05. The Hall–Kier alpha value is -1.95. The molecule has 3 rings (SSSR count). The van der Waals surface area contributed by atoms with E-state index in [4.69, 9.17) is 4.74 Å². The van der Waals surface area contributed by atoms with Crippen LogP contribution in [-0.2, 0) is 15.1 Å². The zero-order valence-corrected chi connectivity index (χ0v) is 12.4. The van der Waals surface area contributed by atoms with Crippen LogP contribution in [0, 0.1) is 0 Å². The number of nitrogens with zero attached hydrogens (tertiary/aromatic N) is 3. The van der Waals surface area contributed by atoms with Crippen LogP contribution in [-0.4, -0.2) is 77.3 Å². The van der Waals surface area contributed by atoms with Gasteiger partial charge < -0.3 is 30.3 Å². The van der Waals surface area contributed by atoms with Gasteiger partial charge in [0.2, 0.25) is 0 Å². The molecule has 1 aliphatic heterocycles. The normalized spacial score (nSPS) is 35.4. The van der Waals surface area contributed by atoms with Crippen molar-refractivity contribution >= 4 is 5.78 Å². The molecule has 1 aliphatic carbocycles. The van der Waals surface area contributed by atoms with Crippen LogP contribution < -0.4 is 0 Å². The number of ether oxygens (including phenoxy) is 1. The molecule has 0 saturated carbocycles. The summed E-state index contributed by atoms with van der Waals surface area (Å²) in [7, 11) is 0. The number of aliphatic hydroxyl groups excluding tert-OH is 4. The molecule has 0 radical (unpaired) electrons. The van der Waals surface area contributed by atoms with Gasteiger partial charge in [0, 0.05) is 0 Å². The van der Waals surface area contributed by atoms with Crippen LogP contribution in [0.25, 0.3) is 0 Å².